The van der Waals surface area contributed by atoms with Crippen molar-refractivity contribution in [2.45, 2.75) is 46.1 Å². The van der Waals surface area contributed by atoms with Gasteiger partial charge in [0.15, 0.2) is 0 Å². The van der Waals surface area contributed by atoms with E-state index < -0.39 is 0 Å². The second-order valence-corrected chi connectivity index (χ2v) is 9.85. The van der Waals surface area contributed by atoms with Gasteiger partial charge in [-0.2, -0.15) is 0 Å². The van der Waals surface area contributed by atoms with Gasteiger partial charge in [0.1, 0.15) is 6.61 Å². The van der Waals surface area contributed by atoms with Crippen LogP contribution >= 0.6 is 0 Å². The van der Waals surface area contributed by atoms with E-state index in [2.05, 4.69) is 6.92 Å². The van der Waals surface area contributed by atoms with Crippen LogP contribution in [0, 0.1) is 5.92 Å². The van der Waals surface area contributed by atoms with Gasteiger partial charge in [-0.15, -0.1) is 0 Å². The summed E-state index contributed by atoms with van der Waals surface area (Å²) in [7, 11) is 0. The van der Waals surface area contributed by atoms with Crippen LogP contribution in [0.4, 0.5) is 0 Å². The Morgan fingerprint density at radius 3 is 1.25 bits per heavy atom. The van der Waals surface area contributed by atoms with Crippen molar-refractivity contribution in [3.05, 3.63) is 35.9 Å². The number of benzene rings is 1. The van der Waals surface area contributed by atoms with E-state index in [0.717, 1.165) is 31.2 Å². The van der Waals surface area contributed by atoms with Crippen LogP contribution in [0.3, 0.4) is 0 Å². The van der Waals surface area contributed by atoms with E-state index in [1.165, 1.54) is 0 Å². The fourth-order valence-corrected chi connectivity index (χ4v) is 3.78. The third-order valence-corrected chi connectivity index (χ3v) is 6.29. The molecule has 0 saturated heterocycles. The number of hydrogen-bond donors (Lipinski definition) is 0. The first kappa shape index (κ1) is 40.4. The van der Waals surface area contributed by atoms with E-state index in [1.54, 1.807) is 0 Å². The SMILES string of the molecule is CCCCC(CC)C(=O)OCCOCCOCCOCCOCCOCCOCCOCCOCCOCc1ccccc1. The first-order chi connectivity index (χ1) is 21.8. The standard InChI is InChI=1S/C33H58O11/c1-3-5-11-32(4-2)33(34)44-29-28-42-25-24-40-21-20-38-17-16-36-13-12-35-14-15-37-18-19-39-22-23-41-26-27-43-30-31-9-7-6-8-10-31/h6-10,32H,3-5,11-30H2,1-2H3. The molecule has 0 N–H and O–H groups in total. The molecular weight excluding hydrogens is 572 g/mol. The number of carbonyl (C=O) groups excluding carboxylic acids is 1. The lowest BCUT2D eigenvalue weighted by molar-refractivity contribution is -0.150. The highest BCUT2D eigenvalue weighted by Gasteiger charge is 2.16. The molecule has 0 aliphatic rings. The maximum absolute atomic E-state index is 12.0. The Labute approximate surface area is 265 Å². The molecule has 11 heteroatoms. The van der Waals surface area contributed by atoms with Crippen LogP contribution in [-0.4, -0.2) is 125 Å². The highest BCUT2D eigenvalue weighted by Crippen LogP contribution is 2.14. The number of carbonyl (C=O) groups is 1. The minimum atomic E-state index is -0.118. The maximum Gasteiger partial charge on any atom is 0.308 e. The summed E-state index contributed by atoms with van der Waals surface area (Å²) >= 11 is 0. The van der Waals surface area contributed by atoms with E-state index in [4.69, 9.17) is 47.4 Å². The highest BCUT2D eigenvalue weighted by molar-refractivity contribution is 5.72. The van der Waals surface area contributed by atoms with Gasteiger partial charge in [-0.3, -0.25) is 4.79 Å². The first-order valence-corrected chi connectivity index (χ1v) is 16.2. The van der Waals surface area contributed by atoms with Crippen LogP contribution in [0.2, 0.25) is 0 Å². The summed E-state index contributed by atoms with van der Waals surface area (Å²) in [6, 6.07) is 10.1. The molecule has 0 aromatic heterocycles. The normalized spacial score (nSPS) is 12.0. The largest absolute Gasteiger partial charge is 0.463 e. The molecule has 0 aliphatic carbocycles. The Hall–Kier alpha value is -1.67. The van der Waals surface area contributed by atoms with Crippen molar-refractivity contribution < 1.29 is 52.2 Å². The smallest absolute Gasteiger partial charge is 0.308 e. The molecule has 0 bridgehead atoms. The monoisotopic (exact) mass is 630 g/mol. The molecule has 1 aromatic carbocycles. The van der Waals surface area contributed by atoms with Gasteiger partial charge in [0.05, 0.1) is 125 Å². The van der Waals surface area contributed by atoms with Crippen molar-refractivity contribution in [2.24, 2.45) is 5.92 Å². The molecule has 0 heterocycles. The molecule has 1 atom stereocenters. The molecule has 0 spiro atoms. The van der Waals surface area contributed by atoms with E-state index in [9.17, 15) is 4.79 Å². The number of hydrogen-bond acceptors (Lipinski definition) is 11. The van der Waals surface area contributed by atoms with Gasteiger partial charge in [0, 0.05) is 0 Å². The summed E-state index contributed by atoms with van der Waals surface area (Å²) in [5.74, 6) is -0.119. The van der Waals surface area contributed by atoms with Crippen molar-refractivity contribution in [3.63, 3.8) is 0 Å². The molecule has 44 heavy (non-hydrogen) atoms. The van der Waals surface area contributed by atoms with Crippen LogP contribution in [0.5, 0.6) is 0 Å². The van der Waals surface area contributed by atoms with Crippen LogP contribution in [-0.2, 0) is 58.8 Å². The lowest BCUT2D eigenvalue weighted by Crippen LogP contribution is -2.20. The van der Waals surface area contributed by atoms with Crippen LogP contribution < -0.4 is 0 Å². The quantitative estimate of drug-likeness (QED) is 0.0811. The van der Waals surface area contributed by atoms with Crippen LogP contribution in [0.15, 0.2) is 30.3 Å². The molecule has 0 amide bonds. The third-order valence-electron chi connectivity index (χ3n) is 6.29. The van der Waals surface area contributed by atoms with Crippen LogP contribution in [0.1, 0.15) is 45.1 Å². The van der Waals surface area contributed by atoms with Gasteiger partial charge in [-0.25, -0.2) is 0 Å². The molecule has 0 saturated carbocycles. The van der Waals surface area contributed by atoms with Gasteiger partial charge in [-0.05, 0) is 18.4 Å². The molecule has 1 aromatic rings. The predicted molar refractivity (Wildman–Crippen MR) is 167 cm³/mol. The zero-order valence-electron chi connectivity index (χ0n) is 27.2. The number of rotatable bonds is 34. The molecule has 0 radical (unpaired) electrons. The minimum absolute atomic E-state index is 0.000811. The number of unbranched alkanes of at least 4 members (excludes halogenated alkanes) is 1. The second-order valence-electron chi connectivity index (χ2n) is 9.85. The summed E-state index contributed by atoms with van der Waals surface area (Å²) in [5, 5.41) is 0. The zero-order chi connectivity index (χ0) is 31.6. The Kier molecular flexibility index (Phi) is 30.0. The molecule has 1 rings (SSSR count). The van der Waals surface area contributed by atoms with Gasteiger partial charge in [0.25, 0.3) is 0 Å². The summed E-state index contributed by atoms with van der Waals surface area (Å²) < 4.78 is 54.7. The summed E-state index contributed by atoms with van der Waals surface area (Å²) in [6.07, 6.45) is 3.84. The third kappa shape index (κ3) is 26.7. The summed E-state index contributed by atoms with van der Waals surface area (Å²) in [4.78, 5) is 12.0. The highest BCUT2D eigenvalue weighted by atomic mass is 16.6. The second kappa shape index (κ2) is 32.7. The zero-order valence-corrected chi connectivity index (χ0v) is 27.2. The van der Waals surface area contributed by atoms with Gasteiger partial charge in [-0.1, -0.05) is 57.0 Å². The Morgan fingerprint density at radius 2 is 0.886 bits per heavy atom. The van der Waals surface area contributed by atoms with Crippen molar-refractivity contribution >= 4 is 5.97 Å². The summed E-state index contributed by atoms with van der Waals surface area (Å²) in [6.45, 7) is 13.6. The molecular formula is C33H58O11. The van der Waals surface area contributed by atoms with E-state index in [0.29, 0.717) is 119 Å². The Morgan fingerprint density at radius 1 is 0.523 bits per heavy atom. The fraction of sp³-hybridized carbons (Fsp3) is 0.788. The van der Waals surface area contributed by atoms with E-state index in [1.807, 2.05) is 37.3 Å². The number of esters is 1. The Bertz CT molecular complexity index is 723. The average Bonchev–Trinajstić information content (AvgIpc) is 3.04. The van der Waals surface area contributed by atoms with Crippen LogP contribution in [0.25, 0.3) is 0 Å². The lowest BCUT2D eigenvalue weighted by atomic mass is 10.00. The van der Waals surface area contributed by atoms with Gasteiger partial charge >= 0.3 is 5.97 Å². The number of ether oxygens (including phenoxy) is 10. The summed E-state index contributed by atoms with van der Waals surface area (Å²) in [5.41, 5.74) is 1.16. The van der Waals surface area contributed by atoms with Crippen molar-refractivity contribution in [2.75, 3.05) is 119 Å². The van der Waals surface area contributed by atoms with Crippen molar-refractivity contribution in [3.8, 4) is 0 Å². The predicted octanol–water partition coefficient (Wildman–Crippen LogP) is 4.10. The van der Waals surface area contributed by atoms with Crippen molar-refractivity contribution in [1.29, 1.82) is 0 Å². The molecule has 11 nitrogen and oxygen atoms in total. The van der Waals surface area contributed by atoms with E-state index in [-0.39, 0.29) is 18.5 Å². The minimum Gasteiger partial charge on any atom is -0.463 e. The van der Waals surface area contributed by atoms with Gasteiger partial charge < -0.3 is 47.4 Å². The molecule has 0 aliphatic heterocycles. The lowest BCUT2D eigenvalue weighted by Gasteiger charge is -2.13. The fourth-order valence-electron chi connectivity index (χ4n) is 3.78. The van der Waals surface area contributed by atoms with Crippen molar-refractivity contribution in [1.82, 2.24) is 0 Å². The Balaban J connectivity index is 1.67. The molecule has 0 fully saturated rings. The molecule has 1 unspecified atom stereocenters. The maximum atomic E-state index is 12.0. The topological polar surface area (TPSA) is 109 Å². The van der Waals surface area contributed by atoms with Gasteiger partial charge in [0.2, 0.25) is 0 Å². The average molecular weight is 631 g/mol. The molecule has 256 valence electrons. The van der Waals surface area contributed by atoms with E-state index >= 15 is 0 Å². The first-order valence-electron chi connectivity index (χ1n) is 16.2.